The number of aliphatic hydroxyl groups is 2. The molecular formula is C20H35NO2. The van der Waals surface area contributed by atoms with Gasteiger partial charge in [-0.25, -0.2) is 0 Å². The van der Waals surface area contributed by atoms with Gasteiger partial charge in [-0.3, -0.25) is 0 Å². The number of rotatable bonds is 12. The van der Waals surface area contributed by atoms with Gasteiger partial charge < -0.3 is 15.9 Å². The predicted octanol–water partition coefficient (Wildman–Crippen LogP) is 3.59. The van der Waals surface area contributed by atoms with E-state index in [0.717, 1.165) is 12.8 Å². The fourth-order valence-corrected chi connectivity index (χ4v) is 2.78. The number of hydrogen-bond acceptors (Lipinski definition) is 3. The first kappa shape index (κ1) is 20.1. The number of aryl methyl sites for hydroxylation is 2. The van der Waals surface area contributed by atoms with Crippen LogP contribution in [0.25, 0.3) is 0 Å². The van der Waals surface area contributed by atoms with E-state index in [1.165, 1.54) is 49.7 Å². The first-order valence-corrected chi connectivity index (χ1v) is 9.17. The number of nitrogens with two attached hydrogens (primary N) is 1. The number of hydrogen-bond donors (Lipinski definition) is 3. The highest BCUT2D eigenvalue weighted by atomic mass is 16.3. The fraction of sp³-hybridized carbons (Fsp3) is 0.700. The Balaban J connectivity index is 2.33. The Kier molecular flexibility index (Phi) is 9.46. The molecule has 0 aromatic heterocycles. The zero-order valence-corrected chi connectivity index (χ0v) is 14.9. The third kappa shape index (κ3) is 7.47. The molecule has 0 spiro atoms. The van der Waals surface area contributed by atoms with Gasteiger partial charge in [-0.1, -0.05) is 63.3 Å². The molecule has 132 valence electrons. The van der Waals surface area contributed by atoms with Gasteiger partial charge in [0.15, 0.2) is 0 Å². The van der Waals surface area contributed by atoms with Gasteiger partial charge in [0.05, 0.1) is 18.2 Å². The van der Waals surface area contributed by atoms with Crippen molar-refractivity contribution in [1.82, 2.24) is 0 Å². The highest BCUT2D eigenvalue weighted by Gasteiger charge is 2.29. The second kappa shape index (κ2) is 10.8. The van der Waals surface area contributed by atoms with Crippen molar-refractivity contribution in [3.63, 3.8) is 0 Å². The smallest absolute Gasteiger partial charge is 0.0714 e. The van der Waals surface area contributed by atoms with Gasteiger partial charge >= 0.3 is 0 Å². The summed E-state index contributed by atoms with van der Waals surface area (Å²) in [4.78, 5) is 0. The van der Waals surface area contributed by atoms with E-state index in [1.54, 1.807) is 6.92 Å². The standard InChI is InChI=1S/C20H35NO2/c1-3-4-5-6-7-8-9-18-10-12-19(13-11-18)14-15-20(21,16-22)17(2)23/h10-13,17,22-23H,3-9,14-16,21H2,1-2H3. The molecule has 0 bridgehead atoms. The van der Waals surface area contributed by atoms with Crippen LogP contribution in [0.4, 0.5) is 0 Å². The molecule has 0 radical (unpaired) electrons. The summed E-state index contributed by atoms with van der Waals surface area (Å²) in [5, 5.41) is 19.1. The van der Waals surface area contributed by atoms with Crippen molar-refractivity contribution >= 4 is 0 Å². The molecule has 0 heterocycles. The Morgan fingerprint density at radius 2 is 1.48 bits per heavy atom. The van der Waals surface area contributed by atoms with E-state index in [2.05, 4.69) is 31.2 Å². The van der Waals surface area contributed by atoms with Crippen LogP contribution < -0.4 is 5.73 Å². The van der Waals surface area contributed by atoms with Crippen LogP contribution in [0.1, 0.15) is 69.9 Å². The molecule has 0 aliphatic carbocycles. The van der Waals surface area contributed by atoms with Crippen molar-refractivity contribution in [2.45, 2.75) is 83.3 Å². The van der Waals surface area contributed by atoms with Crippen LogP contribution in [-0.4, -0.2) is 28.5 Å². The summed E-state index contributed by atoms with van der Waals surface area (Å²) < 4.78 is 0. The van der Waals surface area contributed by atoms with E-state index in [-0.39, 0.29) is 6.61 Å². The van der Waals surface area contributed by atoms with Gasteiger partial charge in [0.1, 0.15) is 0 Å². The van der Waals surface area contributed by atoms with Crippen LogP contribution in [0.5, 0.6) is 0 Å². The molecule has 0 aliphatic heterocycles. The molecule has 0 saturated carbocycles. The molecule has 0 saturated heterocycles. The lowest BCUT2D eigenvalue weighted by Crippen LogP contribution is -2.53. The highest BCUT2D eigenvalue weighted by Crippen LogP contribution is 2.17. The Hall–Kier alpha value is -0.900. The molecule has 23 heavy (non-hydrogen) atoms. The minimum Gasteiger partial charge on any atom is -0.394 e. The van der Waals surface area contributed by atoms with Gasteiger partial charge in [-0.05, 0) is 43.7 Å². The third-order valence-corrected chi connectivity index (χ3v) is 4.85. The lowest BCUT2D eigenvalue weighted by Gasteiger charge is -2.30. The van der Waals surface area contributed by atoms with Crippen LogP contribution in [0.3, 0.4) is 0 Å². The van der Waals surface area contributed by atoms with Gasteiger partial charge in [0, 0.05) is 0 Å². The average Bonchev–Trinajstić information content (AvgIpc) is 2.56. The maximum Gasteiger partial charge on any atom is 0.0714 e. The van der Waals surface area contributed by atoms with Crippen LogP contribution in [0.15, 0.2) is 24.3 Å². The van der Waals surface area contributed by atoms with Gasteiger partial charge in [0.25, 0.3) is 0 Å². The minimum atomic E-state index is -0.906. The minimum absolute atomic E-state index is 0.194. The first-order chi connectivity index (χ1) is 11.0. The molecule has 1 aromatic rings. The molecule has 1 aromatic carbocycles. The van der Waals surface area contributed by atoms with Crippen molar-refractivity contribution in [2.24, 2.45) is 5.73 Å². The van der Waals surface area contributed by atoms with Crippen molar-refractivity contribution < 1.29 is 10.2 Å². The monoisotopic (exact) mass is 321 g/mol. The van der Waals surface area contributed by atoms with E-state index in [1.807, 2.05) is 0 Å². The SMILES string of the molecule is CCCCCCCCc1ccc(CCC(N)(CO)C(C)O)cc1. The molecule has 2 unspecified atom stereocenters. The molecular weight excluding hydrogens is 286 g/mol. The summed E-state index contributed by atoms with van der Waals surface area (Å²) in [6.45, 7) is 3.69. The molecule has 0 aliphatic rings. The Morgan fingerprint density at radius 3 is 2.00 bits per heavy atom. The third-order valence-electron chi connectivity index (χ3n) is 4.85. The zero-order chi connectivity index (χ0) is 17.1. The van der Waals surface area contributed by atoms with Crippen molar-refractivity contribution in [3.05, 3.63) is 35.4 Å². The normalized spacial score (nSPS) is 15.3. The van der Waals surface area contributed by atoms with Crippen LogP contribution in [-0.2, 0) is 12.8 Å². The molecule has 0 amide bonds. The van der Waals surface area contributed by atoms with Crippen molar-refractivity contribution in [1.29, 1.82) is 0 Å². The summed E-state index contributed by atoms with van der Waals surface area (Å²) in [5.41, 5.74) is 7.73. The van der Waals surface area contributed by atoms with Crippen LogP contribution in [0, 0.1) is 0 Å². The van der Waals surface area contributed by atoms with Crippen molar-refractivity contribution in [2.75, 3.05) is 6.61 Å². The van der Waals surface area contributed by atoms with Gasteiger partial charge in [-0.2, -0.15) is 0 Å². The summed E-state index contributed by atoms with van der Waals surface area (Å²) in [7, 11) is 0. The number of benzene rings is 1. The molecule has 1 rings (SSSR count). The quantitative estimate of drug-likeness (QED) is 0.515. The van der Waals surface area contributed by atoms with E-state index in [0.29, 0.717) is 6.42 Å². The first-order valence-electron chi connectivity index (χ1n) is 9.17. The summed E-state index contributed by atoms with van der Waals surface area (Å²) in [6, 6.07) is 8.68. The van der Waals surface area contributed by atoms with E-state index >= 15 is 0 Å². The zero-order valence-electron chi connectivity index (χ0n) is 14.9. The second-order valence-electron chi connectivity index (χ2n) is 6.90. The topological polar surface area (TPSA) is 66.5 Å². The lowest BCUT2D eigenvalue weighted by molar-refractivity contribution is 0.0502. The Labute approximate surface area is 141 Å². The summed E-state index contributed by atoms with van der Waals surface area (Å²) in [6.07, 6.45) is 9.77. The number of aliphatic hydroxyl groups excluding tert-OH is 2. The average molecular weight is 322 g/mol. The molecule has 0 fully saturated rings. The van der Waals surface area contributed by atoms with E-state index in [9.17, 15) is 10.2 Å². The Bertz CT molecular complexity index is 416. The van der Waals surface area contributed by atoms with Gasteiger partial charge in [0.2, 0.25) is 0 Å². The van der Waals surface area contributed by atoms with E-state index < -0.39 is 11.6 Å². The van der Waals surface area contributed by atoms with E-state index in [4.69, 9.17) is 5.73 Å². The maximum absolute atomic E-state index is 9.68. The summed E-state index contributed by atoms with van der Waals surface area (Å²) >= 11 is 0. The highest BCUT2D eigenvalue weighted by molar-refractivity contribution is 5.23. The van der Waals surface area contributed by atoms with Gasteiger partial charge in [-0.15, -0.1) is 0 Å². The molecule has 3 nitrogen and oxygen atoms in total. The maximum atomic E-state index is 9.68. The van der Waals surface area contributed by atoms with Crippen LogP contribution in [0.2, 0.25) is 0 Å². The molecule has 3 heteroatoms. The molecule has 4 N–H and O–H groups in total. The van der Waals surface area contributed by atoms with Crippen molar-refractivity contribution in [3.8, 4) is 0 Å². The lowest BCUT2D eigenvalue weighted by atomic mass is 9.88. The number of unbranched alkanes of at least 4 members (excludes halogenated alkanes) is 5. The fourth-order valence-electron chi connectivity index (χ4n) is 2.78. The predicted molar refractivity (Wildman–Crippen MR) is 97.5 cm³/mol. The summed E-state index contributed by atoms with van der Waals surface area (Å²) in [5.74, 6) is 0. The second-order valence-corrected chi connectivity index (χ2v) is 6.90. The largest absolute Gasteiger partial charge is 0.394 e. The Morgan fingerprint density at radius 1 is 0.957 bits per heavy atom. The van der Waals surface area contributed by atoms with Crippen LogP contribution >= 0.6 is 0 Å². The molecule has 2 atom stereocenters.